The number of alkyl halides is 2. The van der Waals surface area contributed by atoms with Gasteiger partial charge in [-0.2, -0.15) is 5.26 Å². The number of nitriles is 1. The Morgan fingerprint density at radius 3 is 2.38 bits per heavy atom. The van der Waals surface area contributed by atoms with Gasteiger partial charge in [-0.1, -0.05) is 57.0 Å². The van der Waals surface area contributed by atoms with Crippen molar-refractivity contribution in [2.75, 3.05) is 0 Å². The van der Waals surface area contributed by atoms with E-state index in [4.69, 9.17) is 5.26 Å². The summed E-state index contributed by atoms with van der Waals surface area (Å²) in [7, 11) is 0. The van der Waals surface area contributed by atoms with Crippen LogP contribution in [0.15, 0.2) is 18.2 Å². The Labute approximate surface area is 114 Å². The van der Waals surface area contributed by atoms with Crippen molar-refractivity contribution in [3.05, 3.63) is 34.9 Å². The van der Waals surface area contributed by atoms with E-state index in [2.05, 4.69) is 63.1 Å². The van der Waals surface area contributed by atoms with Crippen LogP contribution in [0.1, 0.15) is 41.2 Å². The standard InChI is InChI=1S/C13H15Br2N/c1-4-9-5-10(12(14)15)7-11(6-9)13(2,3)8-16/h5-7,12H,4H2,1-3H3. The van der Waals surface area contributed by atoms with E-state index >= 15 is 0 Å². The Bertz CT molecular complexity index is 416. The van der Waals surface area contributed by atoms with E-state index < -0.39 is 5.41 Å². The smallest absolute Gasteiger partial charge is 0.0946 e. The molecule has 3 heteroatoms. The molecule has 0 heterocycles. The number of rotatable bonds is 3. The van der Waals surface area contributed by atoms with Gasteiger partial charge in [0.05, 0.1) is 15.2 Å². The van der Waals surface area contributed by atoms with Crippen molar-refractivity contribution in [3.63, 3.8) is 0 Å². The van der Waals surface area contributed by atoms with E-state index in [1.54, 1.807) is 0 Å². The molecule has 0 atom stereocenters. The molecule has 0 N–H and O–H groups in total. The molecule has 0 unspecified atom stereocenters. The maximum Gasteiger partial charge on any atom is 0.0946 e. The summed E-state index contributed by atoms with van der Waals surface area (Å²) in [4.78, 5) is 0. The second-order valence-electron chi connectivity index (χ2n) is 4.35. The molecule has 86 valence electrons. The van der Waals surface area contributed by atoms with Crippen molar-refractivity contribution in [1.82, 2.24) is 0 Å². The van der Waals surface area contributed by atoms with Gasteiger partial charge in [-0.3, -0.25) is 0 Å². The van der Waals surface area contributed by atoms with Crippen molar-refractivity contribution < 1.29 is 0 Å². The number of benzene rings is 1. The first kappa shape index (κ1) is 13.7. The highest BCUT2D eigenvalue weighted by molar-refractivity contribution is 9.24. The fourth-order valence-corrected chi connectivity index (χ4v) is 2.00. The van der Waals surface area contributed by atoms with Crippen molar-refractivity contribution in [3.8, 4) is 6.07 Å². The highest BCUT2D eigenvalue weighted by Gasteiger charge is 2.21. The molecule has 0 aromatic heterocycles. The Morgan fingerprint density at radius 2 is 1.94 bits per heavy atom. The van der Waals surface area contributed by atoms with Crippen LogP contribution in [0.4, 0.5) is 0 Å². The molecule has 0 amide bonds. The summed E-state index contributed by atoms with van der Waals surface area (Å²) >= 11 is 7.00. The number of nitrogens with zero attached hydrogens (tertiary/aromatic N) is 1. The summed E-state index contributed by atoms with van der Waals surface area (Å²) < 4.78 is 0.139. The summed E-state index contributed by atoms with van der Waals surface area (Å²) in [5, 5.41) is 9.17. The molecule has 0 saturated carbocycles. The maximum absolute atomic E-state index is 9.17. The first-order chi connectivity index (χ1) is 7.40. The van der Waals surface area contributed by atoms with E-state index in [0.717, 1.165) is 17.5 Å². The molecule has 0 radical (unpaired) electrons. The summed E-state index contributed by atoms with van der Waals surface area (Å²) in [5.41, 5.74) is 3.07. The van der Waals surface area contributed by atoms with Gasteiger partial charge >= 0.3 is 0 Å². The van der Waals surface area contributed by atoms with E-state index in [1.807, 2.05) is 13.8 Å². The van der Waals surface area contributed by atoms with Crippen LogP contribution in [0, 0.1) is 11.3 Å². The summed E-state index contributed by atoms with van der Waals surface area (Å²) in [6.45, 7) is 6.02. The van der Waals surface area contributed by atoms with Crippen LogP contribution in [0.3, 0.4) is 0 Å². The van der Waals surface area contributed by atoms with Crippen molar-refractivity contribution >= 4 is 31.9 Å². The molecular formula is C13H15Br2N. The third-order valence-electron chi connectivity index (χ3n) is 2.68. The van der Waals surface area contributed by atoms with Gasteiger partial charge in [-0.25, -0.2) is 0 Å². The zero-order valence-corrected chi connectivity index (χ0v) is 12.9. The third-order valence-corrected chi connectivity index (χ3v) is 3.73. The van der Waals surface area contributed by atoms with Crippen LogP contribution in [0.2, 0.25) is 0 Å². The van der Waals surface area contributed by atoms with Crippen LogP contribution in [-0.2, 0) is 11.8 Å². The minimum atomic E-state index is -0.436. The zero-order valence-electron chi connectivity index (χ0n) is 9.72. The first-order valence-corrected chi connectivity index (χ1v) is 7.07. The van der Waals surface area contributed by atoms with E-state index in [0.29, 0.717) is 0 Å². The Kier molecular flexibility index (Phi) is 4.58. The lowest BCUT2D eigenvalue weighted by atomic mass is 9.84. The predicted molar refractivity (Wildman–Crippen MR) is 75.1 cm³/mol. The Morgan fingerprint density at radius 1 is 1.31 bits per heavy atom. The average Bonchev–Trinajstić information content (AvgIpc) is 2.28. The maximum atomic E-state index is 9.17. The first-order valence-electron chi connectivity index (χ1n) is 5.24. The minimum absolute atomic E-state index is 0.139. The van der Waals surface area contributed by atoms with Gasteiger partial charge in [-0.15, -0.1) is 0 Å². The molecular weight excluding hydrogens is 330 g/mol. The largest absolute Gasteiger partial charge is 0.197 e. The molecule has 0 aliphatic carbocycles. The molecule has 0 aliphatic rings. The topological polar surface area (TPSA) is 23.8 Å². The lowest BCUT2D eigenvalue weighted by molar-refractivity contribution is 0.684. The van der Waals surface area contributed by atoms with Gasteiger partial charge in [-0.05, 0) is 37.0 Å². The van der Waals surface area contributed by atoms with Crippen molar-refractivity contribution in [2.24, 2.45) is 0 Å². The van der Waals surface area contributed by atoms with Crippen LogP contribution < -0.4 is 0 Å². The number of hydrogen-bond acceptors (Lipinski definition) is 1. The van der Waals surface area contributed by atoms with Crippen LogP contribution >= 0.6 is 31.9 Å². The molecule has 1 aromatic rings. The molecule has 1 nitrogen and oxygen atoms in total. The molecule has 1 aromatic carbocycles. The number of aryl methyl sites for hydroxylation is 1. The van der Waals surface area contributed by atoms with Crippen LogP contribution in [-0.4, -0.2) is 0 Å². The Balaban J connectivity index is 3.31. The lowest BCUT2D eigenvalue weighted by Crippen LogP contribution is -2.14. The molecule has 16 heavy (non-hydrogen) atoms. The van der Waals surface area contributed by atoms with Gasteiger partial charge < -0.3 is 0 Å². The lowest BCUT2D eigenvalue weighted by Gasteiger charge is -2.19. The summed E-state index contributed by atoms with van der Waals surface area (Å²) in [5.74, 6) is 0. The van der Waals surface area contributed by atoms with Gasteiger partial charge in [0, 0.05) is 0 Å². The van der Waals surface area contributed by atoms with E-state index in [1.165, 1.54) is 5.56 Å². The second-order valence-corrected chi connectivity index (χ2v) is 7.41. The molecule has 0 fully saturated rings. The molecule has 0 bridgehead atoms. The quantitative estimate of drug-likeness (QED) is 0.720. The van der Waals surface area contributed by atoms with E-state index in [9.17, 15) is 0 Å². The van der Waals surface area contributed by atoms with Gasteiger partial charge in [0.25, 0.3) is 0 Å². The van der Waals surface area contributed by atoms with Crippen molar-refractivity contribution in [1.29, 1.82) is 5.26 Å². The SMILES string of the molecule is CCc1cc(C(Br)Br)cc(C(C)(C)C#N)c1. The fraction of sp³-hybridized carbons (Fsp3) is 0.462. The zero-order chi connectivity index (χ0) is 12.3. The number of hydrogen-bond donors (Lipinski definition) is 0. The highest BCUT2D eigenvalue weighted by Crippen LogP contribution is 2.33. The summed E-state index contributed by atoms with van der Waals surface area (Å²) in [6.07, 6.45) is 0.981. The fourth-order valence-electron chi connectivity index (χ4n) is 1.47. The van der Waals surface area contributed by atoms with Gasteiger partial charge in [0.1, 0.15) is 0 Å². The summed E-state index contributed by atoms with van der Waals surface area (Å²) in [6, 6.07) is 8.70. The second kappa shape index (κ2) is 5.33. The van der Waals surface area contributed by atoms with Crippen LogP contribution in [0.25, 0.3) is 0 Å². The van der Waals surface area contributed by atoms with Crippen LogP contribution in [0.5, 0.6) is 0 Å². The third kappa shape index (κ3) is 3.09. The highest BCUT2D eigenvalue weighted by atomic mass is 79.9. The van der Waals surface area contributed by atoms with Gasteiger partial charge in [0.15, 0.2) is 0 Å². The predicted octanol–water partition coefficient (Wildman–Crippen LogP) is 4.84. The van der Waals surface area contributed by atoms with E-state index in [-0.39, 0.29) is 3.74 Å². The molecule has 0 aliphatic heterocycles. The van der Waals surface area contributed by atoms with Gasteiger partial charge in [0.2, 0.25) is 0 Å². The molecule has 0 saturated heterocycles. The van der Waals surface area contributed by atoms with Crippen molar-refractivity contribution in [2.45, 2.75) is 36.3 Å². The Hall–Kier alpha value is -0.330. The molecule has 1 rings (SSSR count). The number of halogens is 2. The normalized spacial score (nSPS) is 11.6. The monoisotopic (exact) mass is 343 g/mol. The minimum Gasteiger partial charge on any atom is -0.197 e. The average molecular weight is 345 g/mol. The molecule has 0 spiro atoms.